The predicted molar refractivity (Wildman–Crippen MR) is 97.4 cm³/mol. The molecule has 1 heterocycles. The van der Waals surface area contributed by atoms with Crippen molar-refractivity contribution in [3.8, 4) is 5.75 Å². The Morgan fingerprint density at radius 3 is 2.72 bits per heavy atom. The summed E-state index contributed by atoms with van der Waals surface area (Å²) in [5.74, 6) is 1.44. The van der Waals surface area contributed by atoms with Gasteiger partial charge in [-0.3, -0.25) is 4.79 Å². The number of amides is 1. The maximum Gasteiger partial charge on any atom is 0.244 e. The van der Waals surface area contributed by atoms with Crippen LogP contribution in [0.25, 0.3) is 0 Å². The molecule has 132 valence electrons. The number of hydrogen-bond donors (Lipinski definition) is 1. The van der Waals surface area contributed by atoms with E-state index >= 15 is 0 Å². The molecular formula is C20H25N3O2. The molecule has 1 aromatic carbocycles. The number of para-hydroxylation sites is 1. The highest BCUT2D eigenvalue weighted by atomic mass is 16.5. The fraction of sp³-hybridized carbons (Fsp3) is 0.400. The minimum atomic E-state index is -0.357. The lowest BCUT2D eigenvalue weighted by Crippen LogP contribution is -2.30. The van der Waals surface area contributed by atoms with Gasteiger partial charge in [0.15, 0.2) is 0 Å². The molecule has 0 radical (unpaired) electrons. The van der Waals surface area contributed by atoms with Gasteiger partial charge in [-0.15, -0.1) is 0 Å². The van der Waals surface area contributed by atoms with Crippen molar-refractivity contribution in [2.75, 3.05) is 7.11 Å². The van der Waals surface area contributed by atoms with E-state index in [9.17, 15) is 4.79 Å². The number of imidazole rings is 1. The van der Waals surface area contributed by atoms with Crippen LogP contribution in [-0.4, -0.2) is 22.6 Å². The number of aromatic nitrogens is 2. The molecule has 0 bridgehead atoms. The number of nitrogens with one attached hydrogen (secondary N) is 1. The first-order valence-corrected chi connectivity index (χ1v) is 8.79. The maximum atomic E-state index is 12.6. The number of carbonyl (C=O) groups is 1. The van der Waals surface area contributed by atoms with Crippen LogP contribution in [0, 0.1) is 0 Å². The van der Waals surface area contributed by atoms with Crippen LogP contribution >= 0.6 is 0 Å². The molecule has 0 spiro atoms. The van der Waals surface area contributed by atoms with Crippen molar-refractivity contribution in [1.82, 2.24) is 14.9 Å². The van der Waals surface area contributed by atoms with E-state index < -0.39 is 0 Å². The highest BCUT2D eigenvalue weighted by molar-refractivity contribution is 5.88. The Morgan fingerprint density at radius 1 is 1.28 bits per heavy atom. The largest absolute Gasteiger partial charge is 0.496 e. The van der Waals surface area contributed by atoms with Crippen molar-refractivity contribution >= 4 is 5.91 Å². The molecule has 1 fully saturated rings. The van der Waals surface area contributed by atoms with E-state index in [-0.39, 0.29) is 11.9 Å². The Bertz CT molecular complexity index is 756. The predicted octanol–water partition coefficient (Wildman–Crippen LogP) is 3.52. The molecule has 1 aliphatic rings. The SMILES string of the molecule is COc1ccccc1C(NC(=O)C=C1CCCCC1)c1nccn1C. The minimum Gasteiger partial charge on any atom is -0.496 e. The van der Waals surface area contributed by atoms with Crippen LogP contribution in [0.3, 0.4) is 0 Å². The number of methoxy groups -OCH3 is 1. The fourth-order valence-electron chi connectivity index (χ4n) is 3.36. The molecule has 5 nitrogen and oxygen atoms in total. The minimum absolute atomic E-state index is 0.0733. The summed E-state index contributed by atoms with van der Waals surface area (Å²) in [6.45, 7) is 0. The van der Waals surface area contributed by atoms with E-state index in [0.717, 1.165) is 30.0 Å². The van der Waals surface area contributed by atoms with Crippen LogP contribution in [-0.2, 0) is 11.8 Å². The Morgan fingerprint density at radius 2 is 2.04 bits per heavy atom. The standard InChI is InChI=1S/C20H25N3O2/c1-23-13-12-21-20(23)19(16-10-6-7-11-17(16)25-2)22-18(24)14-15-8-4-3-5-9-15/h6-7,10-14,19H,3-5,8-9H2,1-2H3,(H,22,24). The number of benzene rings is 1. The van der Waals surface area contributed by atoms with Gasteiger partial charge in [0.05, 0.1) is 7.11 Å². The average molecular weight is 339 g/mol. The summed E-state index contributed by atoms with van der Waals surface area (Å²) in [5.41, 5.74) is 2.14. The van der Waals surface area contributed by atoms with Crippen molar-refractivity contribution in [3.63, 3.8) is 0 Å². The summed E-state index contributed by atoms with van der Waals surface area (Å²) >= 11 is 0. The van der Waals surface area contributed by atoms with Gasteiger partial charge < -0.3 is 14.6 Å². The van der Waals surface area contributed by atoms with Gasteiger partial charge >= 0.3 is 0 Å². The molecule has 0 aliphatic heterocycles. The van der Waals surface area contributed by atoms with Crippen molar-refractivity contribution in [2.45, 2.75) is 38.1 Å². The van der Waals surface area contributed by atoms with E-state index in [1.807, 2.05) is 42.1 Å². The van der Waals surface area contributed by atoms with Crippen LogP contribution in [0.4, 0.5) is 0 Å². The van der Waals surface area contributed by atoms with Crippen molar-refractivity contribution in [2.24, 2.45) is 7.05 Å². The number of ether oxygens (including phenoxy) is 1. The van der Waals surface area contributed by atoms with Gasteiger partial charge in [0.1, 0.15) is 17.6 Å². The van der Waals surface area contributed by atoms with Crippen LogP contribution in [0.1, 0.15) is 49.5 Å². The summed E-state index contributed by atoms with van der Waals surface area (Å²) in [7, 11) is 3.57. The second-order valence-electron chi connectivity index (χ2n) is 6.44. The third-order valence-corrected chi connectivity index (χ3v) is 4.68. The van der Waals surface area contributed by atoms with Gasteiger partial charge in [0, 0.05) is 31.1 Å². The molecule has 1 aromatic heterocycles. The Labute approximate surface area is 148 Å². The summed E-state index contributed by atoms with van der Waals surface area (Å²) in [5, 5.41) is 3.12. The molecule has 1 saturated carbocycles. The maximum absolute atomic E-state index is 12.6. The first-order valence-electron chi connectivity index (χ1n) is 8.79. The second kappa shape index (κ2) is 8.01. The van der Waals surface area contributed by atoms with Gasteiger partial charge in [-0.25, -0.2) is 4.98 Å². The van der Waals surface area contributed by atoms with E-state index in [2.05, 4.69) is 10.3 Å². The first kappa shape index (κ1) is 17.3. The third kappa shape index (κ3) is 4.10. The zero-order valence-electron chi connectivity index (χ0n) is 14.9. The van der Waals surface area contributed by atoms with E-state index in [1.54, 1.807) is 19.4 Å². The zero-order valence-corrected chi connectivity index (χ0v) is 14.9. The molecule has 1 aliphatic carbocycles. The molecule has 3 rings (SSSR count). The van der Waals surface area contributed by atoms with Gasteiger partial charge in [0.2, 0.25) is 5.91 Å². The topological polar surface area (TPSA) is 56.1 Å². The molecule has 1 atom stereocenters. The Hall–Kier alpha value is -2.56. The van der Waals surface area contributed by atoms with Gasteiger partial charge in [-0.1, -0.05) is 30.2 Å². The molecule has 1 N–H and O–H groups in total. The van der Waals surface area contributed by atoms with E-state index in [0.29, 0.717) is 0 Å². The number of allylic oxidation sites excluding steroid dienone is 1. The van der Waals surface area contributed by atoms with Crippen molar-refractivity contribution in [3.05, 3.63) is 59.7 Å². The van der Waals surface area contributed by atoms with Gasteiger partial charge in [-0.05, 0) is 31.7 Å². The number of aryl methyl sites for hydroxylation is 1. The fourth-order valence-corrected chi connectivity index (χ4v) is 3.36. The average Bonchev–Trinajstić information content (AvgIpc) is 3.06. The van der Waals surface area contributed by atoms with Crippen LogP contribution in [0.2, 0.25) is 0 Å². The smallest absolute Gasteiger partial charge is 0.244 e. The summed E-state index contributed by atoms with van der Waals surface area (Å²) in [6.07, 6.45) is 11.0. The Kier molecular flexibility index (Phi) is 5.53. The lowest BCUT2D eigenvalue weighted by Gasteiger charge is -2.21. The first-order chi connectivity index (χ1) is 12.2. The summed E-state index contributed by atoms with van der Waals surface area (Å²) in [4.78, 5) is 17.1. The highest BCUT2D eigenvalue weighted by Crippen LogP contribution is 2.29. The lowest BCUT2D eigenvalue weighted by molar-refractivity contribution is -0.117. The van der Waals surface area contributed by atoms with E-state index in [1.165, 1.54) is 24.8 Å². The number of nitrogens with zero attached hydrogens (tertiary/aromatic N) is 2. The van der Waals surface area contributed by atoms with Crippen LogP contribution in [0.5, 0.6) is 5.75 Å². The second-order valence-corrected chi connectivity index (χ2v) is 6.44. The molecular weight excluding hydrogens is 314 g/mol. The van der Waals surface area contributed by atoms with Crippen LogP contribution in [0.15, 0.2) is 48.3 Å². The molecule has 2 aromatic rings. The zero-order chi connectivity index (χ0) is 17.6. The summed E-state index contributed by atoms with van der Waals surface area (Å²) in [6, 6.07) is 7.37. The van der Waals surface area contributed by atoms with Crippen molar-refractivity contribution in [1.29, 1.82) is 0 Å². The Balaban J connectivity index is 1.89. The molecule has 1 unspecified atom stereocenters. The molecule has 25 heavy (non-hydrogen) atoms. The van der Waals surface area contributed by atoms with Gasteiger partial charge in [-0.2, -0.15) is 0 Å². The van der Waals surface area contributed by atoms with Gasteiger partial charge in [0.25, 0.3) is 0 Å². The highest BCUT2D eigenvalue weighted by Gasteiger charge is 2.23. The number of rotatable bonds is 5. The number of carbonyl (C=O) groups excluding carboxylic acids is 1. The molecule has 1 amide bonds. The summed E-state index contributed by atoms with van der Waals surface area (Å²) < 4.78 is 7.41. The third-order valence-electron chi connectivity index (χ3n) is 4.68. The number of hydrogen-bond acceptors (Lipinski definition) is 3. The van der Waals surface area contributed by atoms with Crippen LogP contribution < -0.4 is 10.1 Å². The molecule has 0 saturated heterocycles. The quantitative estimate of drug-likeness (QED) is 0.848. The molecule has 5 heteroatoms. The normalized spacial score (nSPS) is 15.5. The van der Waals surface area contributed by atoms with E-state index in [4.69, 9.17) is 4.74 Å². The lowest BCUT2D eigenvalue weighted by atomic mass is 9.94. The monoisotopic (exact) mass is 339 g/mol. The van der Waals surface area contributed by atoms with Crippen molar-refractivity contribution < 1.29 is 9.53 Å².